The van der Waals surface area contributed by atoms with E-state index in [-0.39, 0.29) is 23.5 Å². The Hall–Kier alpha value is -0.753. The maximum Gasteiger partial charge on any atom is 0.196 e. The quantitative estimate of drug-likeness (QED) is 0.312. The van der Waals surface area contributed by atoms with Crippen molar-refractivity contribution in [2.24, 2.45) is 0 Å². The summed E-state index contributed by atoms with van der Waals surface area (Å²) < 4.78 is 26.7. The van der Waals surface area contributed by atoms with E-state index < -0.39 is 8.32 Å². The monoisotopic (exact) mass is 547 g/mol. The zero-order valence-electron chi connectivity index (χ0n) is 18.9. The highest BCUT2D eigenvalue weighted by Crippen LogP contribution is 2.38. The third kappa shape index (κ3) is 5.73. The fourth-order valence-corrected chi connectivity index (χ4v) is 4.67. The summed E-state index contributed by atoms with van der Waals surface area (Å²) in [6.45, 7) is 14.5. The van der Waals surface area contributed by atoms with Crippen LogP contribution in [0.4, 0.5) is 0 Å². The van der Waals surface area contributed by atoms with Crippen molar-refractivity contribution in [2.45, 2.75) is 83.5 Å². The predicted molar refractivity (Wildman–Crippen MR) is 126 cm³/mol. The molecule has 2 aromatic rings. The number of halogens is 1. The highest BCUT2D eigenvalue weighted by molar-refractivity contribution is 14.1. The average molecular weight is 548 g/mol. The highest BCUT2D eigenvalue weighted by atomic mass is 127. The van der Waals surface area contributed by atoms with Gasteiger partial charge in [0.25, 0.3) is 0 Å². The van der Waals surface area contributed by atoms with E-state index in [0.717, 1.165) is 41.2 Å². The van der Waals surface area contributed by atoms with Gasteiger partial charge in [0.2, 0.25) is 0 Å². The first-order chi connectivity index (χ1) is 14.1. The van der Waals surface area contributed by atoms with Crippen LogP contribution in [0, 0.1) is 3.77 Å². The Balaban J connectivity index is 1.83. The lowest BCUT2D eigenvalue weighted by Crippen LogP contribution is -2.42. The molecule has 0 bridgehead atoms. The second-order valence-electron chi connectivity index (χ2n) is 9.41. The van der Waals surface area contributed by atoms with Gasteiger partial charge in [0.15, 0.2) is 18.4 Å². The Morgan fingerprint density at radius 3 is 2.70 bits per heavy atom. The Bertz CT molecular complexity index is 811. The number of hydrogen-bond acceptors (Lipinski definition) is 6. The first-order valence-electron chi connectivity index (χ1n) is 10.6. The van der Waals surface area contributed by atoms with Gasteiger partial charge in [0.05, 0.1) is 6.61 Å². The maximum atomic E-state index is 6.57. The standard InChI is InChI=1S/C21H34IN3O4Si/c1-15(28-19-9-7-8-12-26-19)20-23-10-11-25(20)17(16-13-18(22)29-24-16)14-27-30(5,6)21(2,3)4/h10-11,13,15,17,19H,7-9,12,14H2,1-6H3/t15-,17+,19?/m0/s1. The lowest BCUT2D eigenvalue weighted by molar-refractivity contribution is -0.188. The van der Waals surface area contributed by atoms with E-state index in [2.05, 4.69) is 71.2 Å². The van der Waals surface area contributed by atoms with Gasteiger partial charge in [-0.15, -0.1) is 0 Å². The lowest BCUT2D eigenvalue weighted by atomic mass is 10.2. The van der Waals surface area contributed by atoms with Crippen LogP contribution in [0.15, 0.2) is 23.0 Å². The predicted octanol–water partition coefficient (Wildman–Crippen LogP) is 5.69. The second-order valence-corrected chi connectivity index (χ2v) is 15.3. The van der Waals surface area contributed by atoms with Gasteiger partial charge in [-0.2, -0.15) is 0 Å². The molecule has 0 N–H and O–H groups in total. The topological polar surface area (TPSA) is 71.5 Å². The van der Waals surface area contributed by atoms with Crippen molar-refractivity contribution >= 4 is 30.9 Å². The summed E-state index contributed by atoms with van der Waals surface area (Å²) in [6.07, 6.45) is 6.55. The highest BCUT2D eigenvalue weighted by Gasteiger charge is 2.38. The third-order valence-corrected chi connectivity index (χ3v) is 11.2. The molecule has 1 fully saturated rings. The number of ether oxygens (including phenoxy) is 2. The smallest absolute Gasteiger partial charge is 0.196 e. The molecule has 168 valence electrons. The van der Waals surface area contributed by atoms with Crippen LogP contribution in [0.25, 0.3) is 0 Å². The van der Waals surface area contributed by atoms with Crippen molar-refractivity contribution in [1.82, 2.24) is 14.7 Å². The van der Waals surface area contributed by atoms with E-state index in [1.807, 2.05) is 19.2 Å². The molecule has 0 aromatic carbocycles. The molecule has 9 heteroatoms. The molecule has 1 aliphatic heterocycles. The van der Waals surface area contributed by atoms with Gasteiger partial charge < -0.3 is 23.0 Å². The molecule has 1 saturated heterocycles. The summed E-state index contributed by atoms with van der Waals surface area (Å²) in [6, 6.07) is 1.82. The van der Waals surface area contributed by atoms with Crippen molar-refractivity contribution in [3.05, 3.63) is 33.7 Å². The van der Waals surface area contributed by atoms with E-state index in [1.54, 1.807) is 6.20 Å². The Morgan fingerprint density at radius 2 is 2.10 bits per heavy atom. The summed E-state index contributed by atoms with van der Waals surface area (Å²) in [7, 11) is -1.93. The molecular weight excluding hydrogens is 513 g/mol. The van der Waals surface area contributed by atoms with E-state index in [9.17, 15) is 0 Å². The van der Waals surface area contributed by atoms with Crippen LogP contribution >= 0.6 is 22.6 Å². The molecule has 0 aliphatic carbocycles. The molecule has 3 heterocycles. The van der Waals surface area contributed by atoms with E-state index in [4.69, 9.17) is 18.4 Å². The molecule has 0 amide bonds. The first-order valence-corrected chi connectivity index (χ1v) is 14.6. The third-order valence-electron chi connectivity index (χ3n) is 6.14. The fourth-order valence-electron chi connectivity index (χ4n) is 3.24. The van der Waals surface area contributed by atoms with Crippen molar-refractivity contribution in [1.29, 1.82) is 0 Å². The van der Waals surface area contributed by atoms with Crippen LogP contribution in [0.5, 0.6) is 0 Å². The van der Waals surface area contributed by atoms with E-state index in [0.29, 0.717) is 6.61 Å². The maximum absolute atomic E-state index is 6.57. The normalized spacial score (nSPS) is 20.3. The minimum absolute atomic E-state index is 0.127. The van der Waals surface area contributed by atoms with Gasteiger partial charge in [-0.1, -0.05) is 25.9 Å². The van der Waals surface area contributed by atoms with Gasteiger partial charge in [-0.05, 0) is 44.3 Å². The van der Waals surface area contributed by atoms with Crippen LogP contribution in [0.3, 0.4) is 0 Å². The molecule has 30 heavy (non-hydrogen) atoms. The number of imidazole rings is 1. The number of hydrogen-bond donors (Lipinski definition) is 0. The molecule has 3 rings (SSSR count). The van der Waals surface area contributed by atoms with Gasteiger partial charge >= 0.3 is 0 Å². The molecule has 7 nitrogen and oxygen atoms in total. The van der Waals surface area contributed by atoms with Crippen molar-refractivity contribution in [3.8, 4) is 0 Å². The molecular formula is C21H34IN3O4Si. The Morgan fingerprint density at radius 1 is 1.33 bits per heavy atom. The zero-order valence-corrected chi connectivity index (χ0v) is 22.0. The number of rotatable bonds is 8. The SMILES string of the molecule is C[C@H](OC1CCCCO1)c1nccn1[C@H](CO[Si](C)(C)C(C)(C)C)c1cc(I)on1. The van der Waals surface area contributed by atoms with Crippen molar-refractivity contribution in [3.63, 3.8) is 0 Å². The molecule has 0 spiro atoms. The zero-order chi connectivity index (χ0) is 21.9. The van der Waals surface area contributed by atoms with Crippen LogP contribution in [0.1, 0.15) is 70.6 Å². The van der Waals surface area contributed by atoms with Gasteiger partial charge in [0, 0.05) is 47.7 Å². The molecule has 2 aromatic heterocycles. The average Bonchev–Trinajstić information content (AvgIpc) is 3.31. The molecule has 1 aliphatic rings. The minimum Gasteiger partial charge on any atom is -0.414 e. The fraction of sp³-hybridized carbons (Fsp3) is 0.714. The van der Waals surface area contributed by atoms with Gasteiger partial charge in [-0.25, -0.2) is 4.98 Å². The van der Waals surface area contributed by atoms with Crippen LogP contribution in [0.2, 0.25) is 18.1 Å². The van der Waals surface area contributed by atoms with E-state index >= 15 is 0 Å². The minimum atomic E-state index is -1.93. The van der Waals surface area contributed by atoms with Gasteiger partial charge in [0.1, 0.15) is 23.7 Å². The summed E-state index contributed by atoms with van der Waals surface area (Å²) in [5.74, 6) is 0.839. The van der Waals surface area contributed by atoms with Crippen LogP contribution < -0.4 is 0 Å². The van der Waals surface area contributed by atoms with E-state index in [1.165, 1.54) is 0 Å². The van der Waals surface area contributed by atoms with Gasteiger partial charge in [-0.3, -0.25) is 0 Å². The van der Waals surface area contributed by atoms with Crippen molar-refractivity contribution < 1.29 is 18.4 Å². The number of nitrogens with zero attached hydrogens (tertiary/aromatic N) is 3. The molecule has 3 atom stereocenters. The molecule has 1 unspecified atom stereocenters. The summed E-state index contributed by atoms with van der Waals surface area (Å²) >= 11 is 2.14. The van der Waals surface area contributed by atoms with Crippen LogP contribution in [-0.4, -0.2) is 42.5 Å². The second kappa shape index (κ2) is 9.80. The number of aromatic nitrogens is 3. The Labute approximate surface area is 194 Å². The molecule has 0 saturated carbocycles. The Kier molecular flexibility index (Phi) is 7.81. The first kappa shape index (κ1) is 23.9. The van der Waals surface area contributed by atoms with Crippen molar-refractivity contribution in [2.75, 3.05) is 13.2 Å². The summed E-state index contributed by atoms with van der Waals surface area (Å²) in [5.41, 5.74) is 0.832. The summed E-state index contributed by atoms with van der Waals surface area (Å²) in [5, 5.41) is 4.42. The van der Waals surface area contributed by atoms with Crippen LogP contribution in [-0.2, 0) is 13.9 Å². The largest absolute Gasteiger partial charge is 0.414 e. The summed E-state index contributed by atoms with van der Waals surface area (Å²) in [4.78, 5) is 4.61. The lowest BCUT2D eigenvalue weighted by Gasteiger charge is -2.37. The molecule has 0 radical (unpaired) electrons.